The normalized spacial score (nSPS) is 11.1. The predicted octanol–water partition coefficient (Wildman–Crippen LogP) is -1.09. The van der Waals surface area contributed by atoms with Crippen LogP contribution in [0.1, 0.15) is 20.8 Å². The molecule has 0 rings (SSSR count). The van der Waals surface area contributed by atoms with Crippen molar-refractivity contribution in [3.8, 4) is 0 Å². The molecule has 0 radical (unpaired) electrons. The number of amides is 2. The number of nitrogens with two attached hydrogens (primary N) is 1. The average Bonchev–Trinajstić information content (AvgIpc) is 1.99. The number of hydrogen-bond donors (Lipinski definition) is 3. The highest BCUT2D eigenvalue weighted by atomic mass is 16.7. The lowest BCUT2D eigenvalue weighted by atomic mass is 10.1. The molecule has 4 N–H and O–H groups in total. The Labute approximate surface area is 83.1 Å². The summed E-state index contributed by atoms with van der Waals surface area (Å²) in [5.41, 5.74) is 6.74. The zero-order valence-corrected chi connectivity index (χ0v) is 8.72. The maximum Gasteiger partial charge on any atom is 0.257 e. The van der Waals surface area contributed by atoms with E-state index in [4.69, 9.17) is 5.73 Å². The van der Waals surface area contributed by atoms with Gasteiger partial charge in [0.15, 0.2) is 6.61 Å². The van der Waals surface area contributed by atoms with Crippen LogP contribution in [0.25, 0.3) is 0 Å². The van der Waals surface area contributed by atoms with Gasteiger partial charge in [-0.05, 0) is 20.8 Å². The Hall–Kier alpha value is -1.14. The molecule has 0 saturated carbocycles. The van der Waals surface area contributed by atoms with Crippen LogP contribution in [0.15, 0.2) is 0 Å². The molecule has 82 valence electrons. The standard InChI is InChI=1S/C8H17N3O3/c1-8(2,3)10-4-7(13)11-14-5-6(9)12/h10H,4-5H2,1-3H3,(H2,9,12)(H,11,13). The minimum Gasteiger partial charge on any atom is -0.368 e. The van der Waals surface area contributed by atoms with Gasteiger partial charge in [-0.2, -0.15) is 0 Å². The van der Waals surface area contributed by atoms with Crippen molar-refractivity contribution < 1.29 is 14.4 Å². The van der Waals surface area contributed by atoms with Gasteiger partial charge >= 0.3 is 0 Å². The van der Waals surface area contributed by atoms with E-state index in [1.54, 1.807) is 0 Å². The van der Waals surface area contributed by atoms with Crippen molar-refractivity contribution in [1.29, 1.82) is 0 Å². The highest BCUT2D eigenvalue weighted by Crippen LogP contribution is 1.96. The van der Waals surface area contributed by atoms with Crippen molar-refractivity contribution in [1.82, 2.24) is 10.8 Å². The molecule has 0 heterocycles. The van der Waals surface area contributed by atoms with Gasteiger partial charge in [-0.1, -0.05) is 0 Å². The summed E-state index contributed by atoms with van der Waals surface area (Å²) >= 11 is 0. The molecule has 0 saturated heterocycles. The van der Waals surface area contributed by atoms with Crippen LogP contribution in [0.3, 0.4) is 0 Å². The first kappa shape index (κ1) is 12.9. The summed E-state index contributed by atoms with van der Waals surface area (Å²) < 4.78 is 0. The van der Waals surface area contributed by atoms with E-state index in [2.05, 4.69) is 15.6 Å². The van der Waals surface area contributed by atoms with Crippen molar-refractivity contribution in [3.05, 3.63) is 0 Å². The summed E-state index contributed by atoms with van der Waals surface area (Å²) in [5.74, 6) is -0.977. The number of nitrogens with one attached hydrogen (secondary N) is 2. The second kappa shape index (κ2) is 5.56. The van der Waals surface area contributed by atoms with Gasteiger partial charge in [-0.3, -0.25) is 14.4 Å². The molecule has 0 aromatic rings. The van der Waals surface area contributed by atoms with Gasteiger partial charge < -0.3 is 11.1 Å². The number of primary amides is 1. The third-order valence-corrected chi connectivity index (χ3v) is 1.18. The van der Waals surface area contributed by atoms with E-state index < -0.39 is 5.91 Å². The van der Waals surface area contributed by atoms with E-state index in [1.165, 1.54) is 0 Å². The van der Waals surface area contributed by atoms with Crippen LogP contribution in [-0.2, 0) is 14.4 Å². The molecule has 14 heavy (non-hydrogen) atoms. The Morgan fingerprint density at radius 3 is 2.36 bits per heavy atom. The van der Waals surface area contributed by atoms with Crippen LogP contribution in [0.4, 0.5) is 0 Å². The Morgan fingerprint density at radius 1 is 1.36 bits per heavy atom. The van der Waals surface area contributed by atoms with Gasteiger partial charge in [0.05, 0.1) is 6.54 Å². The summed E-state index contributed by atoms with van der Waals surface area (Å²) in [6, 6.07) is 0. The lowest BCUT2D eigenvalue weighted by molar-refractivity contribution is -0.137. The van der Waals surface area contributed by atoms with Crippen LogP contribution in [0.2, 0.25) is 0 Å². The Morgan fingerprint density at radius 2 is 1.93 bits per heavy atom. The molecule has 6 heteroatoms. The highest BCUT2D eigenvalue weighted by molar-refractivity contribution is 5.78. The van der Waals surface area contributed by atoms with Crippen molar-refractivity contribution in [2.24, 2.45) is 5.73 Å². The Bertz CT molecular complexity index is 210. The van der Waals surface area contributed by atoms with Gasteiger partial charge in [0.1, 0.15) is 0 Å². The molecule has 0 fully saturated rings. The number of hydroxylamine groups is 1. The molecule has 0 unspecified atom stereocenters. The second-order valence-electron chi connectivity index (χ2n) is 3.88. The molecule has 0 spiro atoms. The molecule has 0 aliphatic carbocycles. The minimum absolute atomic E-state index is 0.127. The smallest absolute Gasteiger partial charge is 0.257 e. The summed E-state index contributed by atoms with van der Waals surface area (Å²) in [6.45, 7) is 5.61. The third-order valence-electron chi connectivity index (χ3n) is 1.18. The highest BCUT2D eigenvalue weighted by Gasteiger charge is 2.11. The minimum atomic E-state index is -0.630. The van der Waals surface area contributed by atoms with Crippen LogP contribution in [-0.4, -0.2) is 30.5 Å². The van der Waals surface area contributed by atoms with E-state index in [1.807, 2.05) is 20.8 Å². The van der Waals surface area contributed by atoms with E-state index in [0.717, 1.165) is 0 Å². The van der Waals surface area contributed by atoms with E-state index in [0.29, 0.717) is 0 Å². The van der Waals surface area contributed by atoms with Crippen molar-refractivity contribution in [3.63, 3.8) is 0 Å². The van der Waals surface area contributed by atoms with Crippen molar-refractivity contribution in [2.45, 2.75) is 26.3 Å². The lowest BCUT2D eigenvalue weighted by Gasteiger charge is -2.19. The van der Waals surface area contributed by atoms with Gasteiger partial charge in [0.25, 0.3) is 5.91 Å². The molecule has 0 atom stereocenters. The number of carbonyl (C=O) groups is 2. The fourth-order valence-corrected chi connectivity index (χ4v) is 0.569. The first-order chi connectivity index (χ1) is 6.31. The SMILES string of the molecule is CC(C)(C)NCC(=O)NOCC(N)=O. The monoisotopic (exact) mass is 203 g/mol. The largest absolute Gasteiger partial charge is 0.368 e. The van der Waals surface area contributed by atoms with E-state index >= 15 is 0 Å². The maximum absolute atomic E-state index is 11.0. The van der Waals surface area contributed by atoms with Crippen molar-refractivity contribution >= 4 is 11.8 Å². The molecule has 0 aliphatic heterocycles. The van der Waals surface area contributed by atoms with Crippen LogP contribution >= 0.6 is 0 Å². The van der Waals surface area contributed by atoms with Gasteiger partial charge in [-0.25, -0.2) is 5.48 Å². The van der Waals surface area contributed by atoms with Crippen LogP contribution < -0.4 is 16.5 Å². The molecule has 0 aliphatic rings. The molecule has 6 nitrogen and oxygen atoms in total. The Balaban J connectivity index is 3.52. The quantitative estimate of drug-likeness (QED) is 0.495. The Kier molecular flexibility index (Phi) is 5.11. The number of rotatable bonds is 5. The molecule has 0 aromatic heterocycles. The lowest BCUT2D eigenvalue weighted by Crippen LogP contribution is -2.43. The molecule has 0 bridgehead atoms. The summed E-state index contributed by atoms with van der Waals surface area (Å²) in [5, 5.41) is 2.95. The first-order valence-corrected chi connectivity index (χ1v) is 4.25. The molecular formula is C8H17N3O3. The number of hydrogen-bond acceptors (Lipinski definition) is 4. The number of carbonyl (C=O) groups excluding carboxylic acids is 2. The average molecular weight is 203 g/mol. The summed E-state index contributed by atoms with van der Waals surface area (Å²) in [6.07, 6.45) is 0. The maximum atomic E-state index is 11.0. The molecule has 2 amide bonds. The molecular weight excluding hydrogens is 186 g/mol. The van der Waals surface area contributed by atoms with Crippen LogP contribution in [0, 0.1) is 0 Å². The summed E-state index contributed by atoms with van der Waals surface area (Å²) in [4.78, 5) is 25.8. The summed E-state index contributed by atoms with van der Waals surface area (Å²) in [7, 11) is 0. The predicted molar refractivity (Wildman–Crippen MR) is 51.0 cm³/mol. The van der Waals surface area contributed by atoms with Crippen LogP contribution in [0.5, 0.6) is 0 Å². The second-order valence-corrected chi connectivity index (χ2v) is 3.88. The fraction of sp³-hybridized carbons (Fsp3) is 0.750. The fourth-order valence-electron chi connectivity index (χ4n) is 0.569. The van der Waals surface area contributed by atoms with Gasteiger partial charge in [-0.15, -0.1) is 0 Å². The van der Waals surface area contributed by atoms with E-state index in [-0.39, 0.29) is 24.6 Å². The zero-order chi connectivity index (χ0) is 11.2. The topological polar surface area (TPSA) is 93.4 Å². The molecule has 0 aromatic carbocycles. The van der Waals surface area contributed by atoms with E-state index in [9.17, 15) is 9.59 Å². The van der Waals surface area contributed by atoms with Gasteiger partial charge in [0, 0.05) is 5.54 Å². The van der Waals surface area contributed by atoms with Gasteiger partial charge in [0.2, 0.25) is 5.91 Å². The van der Waals surface area contributed by atoms with Crippen molar-refractivity contribution in [2.75, 3.05) is 13.2 Å². The zero-order valence-electron chi connectivity index (χ0n) is 8.72. The third kappa shape index (κ3) is 8.95. The first-order valence-electron chi connectivity index (χ1n) is 4.25.